The van der Waals surface area contributed by atoms with Crippen molar-refractivity contribution in [2.75, 3.05) is 19.0 Å². The van der Waals surface area contributed by atoms with Crippen LogP contribution in [0.2, 0.25) is 0 Å². The molecule has 0 saturated carbocycles. The van der Waals surface area contributed by atoms with Gasteiger partial charge in [0.05, 0.1) is 0 Å². The number of fused-ring (bicyclic) bond motifs is 1. The second kappa shape index (κ2) is 2.05. The molecule has 1 heterocycles. The minimum Gasteiger partial charge on any atom is -0.378 e. The highest BCUT2D eigenvalue weighted by molar-refractivity contribution is 5.71. The van der Waals surface area contributed by atoms with Gasteiger partial charge in [-0.2, -0.15) is 0 Å². The summed E-state index contributed by atoms with van der Waals surface area (Å²) in [4.78, 5) is 2.05. The van der Waals surface area contributed by atoms with E-state index >= 15 is 0 Å². The minimum atomic E-state index is 0.996. The molecule has 0 N–H and O–H groups in total. The standard InChI is InChI=1S/C8H9N3/c1-11(2)6-3-4-7-8(5-6)10-9-7/h3-5H,1-2H3. The van der Waals surface area contributed by atoms with E-state index in [9.17, 15) is 0 Å². The predicted octanol–water partition coefficient (Wildman–Crippen LogP) is 2.48. The summed E-state index contributed by atoms with van der Waals surface area (Å²) < 4.78 is 0. The summed E-state index contributed by atoms with van der Waals surface area (Å²) in [6.45, 7) is 0. The van der Waals surface area contributed by atoms with Crippen molar-refractivity contribution in [1.29, 1.82) is 0 Å². The number of hydrogen-bond acceptors (Lipinski definition) is 3. The van der Waals surface area contributed by atoms with Crippen LogP contribution in [0.3, 0.4) is 0 Å². The number of benzene rings is 1. The summed E-state index contributed by atoms with van der Waals surface area (Å²) in [5.74, 6) is 0. The number of azo groups is 1. The number of rotatable bonds is 1. The largest absolute Gasteiger partial charge is 0.378 e. The van der Waals surface area contributed by atoms with E-state index in [1.165, 1.54) is 5.69 Å². The van der Waals surface area contributed by atoms with E-state index in [0.717, 1.165) is 11.4 Å². The third kappa shape index (κ3) is 0.888. The lowest BCUT2D eigenvalue weighted by atomic mass is 10.2. The van der Waals surface area contributed by atoms with E-state index < -0.39 is 0 Å². The molecule has 2 rings (SSSR count). The van der Waals surface area contributed by atoms with Crippen LogP contribution in [0.15, 0.2) is 28.4 Å². The molecule has 1 aromatic carbocycles. The molecule has 0 amide bonds. The van der Waals surface area contributed by atoms with Gasteiger partial charge in [-0.05, 0) is 18.2 Å². The molecule has 0 bridgehead atoms. The summed E-state index contributed by atoms with van der Waals surface area (Å²) in [5.41, 5.74) is 3.16. The van der Waals surface area contributed by atoms with Crippen LogP contribution in [0.1, 0.15) is 0 Å². The van der Waals surface area contributed by atoms with E-state index in [0.29, 0.717) is 0 Å². The first-order valence-electron chi connectivity index (χ1n) is 3.50. The van der Waals surface area contributed by atoms with Crippen LogP contribution in [-0.2, 0) is 0 Å². The van der Waals surface area contributed by atoms with Gasteiger partial charge in [0.1, 0.15) is 11.4 Å². The van der Waals surface area contributed by atoms with Crippen molar-refractivity contribution in [2.45, 2.75) is 0 Å². The fraction of sp³-hybridized carbons (Fsp3) is 0.250. The SMILES string of the molecule is CN(C)c1ccc2c(c1)N=N2. The van der Waals surface area contributed by atoms with E-state index in [2.05, 4.69) is 10.2 Å². The van der Waals surface area contributed by atoms with E-state index in [-0.39, 0.29) is 0 Å². The quantitative estimate of drug-likeness (QED) is 0.609. The Bertz CT molecular complexity index is 315. The highest BCUT2D eigenvalue weighted by Gasteiger charge is 2.09. The topological polar surface area (TPSA) is 28.0 Å². The van der Waals surface area contributed by atoms with Gasteiger partial charge in [-0.25, -0.2) is 0 Å². The third-order valence-electron chi connectivity index (χ3n) is 1.74. The molecule has 0 atom stereocenters. The van der Waals surface area contributed by atoms with Crippen LogP contribution in [0.25, 0.3) is 0 Å². The van der Waals surface area contributed by atoms with Crippen molar-refractivity contribution in [1.82, 2.24) is 0 Å². The third-order valence-corrected chi connectivity index (χ3v) is 1.74. The number of anilines is 1. The first-order chi connectivity index (χ1) is 5.27. The van der Waals surface area contributed by atoms with E-state index in [1.807, 2.05) is 37.2 Å². The predicted molar refractivity (Wildman–Crippen MR) is 44.9 cm³/mol. The molecule has 3 nitrogen and oxygen atoms in total. The van der Waals surface area contributed by atoms with Gasteiger partial charge in [0.2, 0.25) is 0 Å². The smallest absolute Gasteiger partial charge is 0.115 e. The number of hydrogen-bond donors (Lipinski definition) is 0. The highest BCUT2D eigenvalue weighted by atomic mass is 15.2. The Kier molecular flexibility index (Phi) is 1.18. The fourth-order valence-corrected chi connectivity index (χ4v) is 1.02. The lowest BCUT2D eigenvalue weighted by Gasteiger charge is -2.15. The summed E-state index contributed by atoms with van der Waals surface area (Å²) in [7, 11) is 4.02. The zero-order valence-corrected chi connectivity index (χ0v) is 6.57. The van der Waals surface area contributed by atoms with Gasteiger partial charge in [0, 0.05) is 19.8 Å². The molecule has 1 aliphatic heterocycles. The average molecular weight is 147 g/mol. The maximum Gasteiger partial charge on any atom is 0.115 e. The molecule has 1 aliphatic rings. The van der Waals surface area contributed by atoms with Gasteiger partial charge < -0.3 is 4.90 Å². The maximum atomic E-state index is 3.87. The van der Waals surface area contributed by atoms with Crippen molar-refractivity contribution >= 4 is 17.1 Å². The van der Waals surface area contributed by atoms with Crippen LogP contribution >= 0.6 is 0 Å². The van der Waals surface area contributed by atoms with Crippen LogP contribution in [-0.4, -0.2) is 14.1 Å². The van der Waals surface area contributed by atoms with Crippen molar-refractivity contribution in [3.8, 4) is 0 Å². The summed E-state index contributed by atoms with van der Waals surface area (Å²) in [6, 6.07) is 6.05. The lowest BCUT2D eigenvalue weighted by Crippen LogP contribution is -2.08. The van der Waals surface area contributed by atoms with Gasteiger partial charge in [0.15, 0.2) is 0 Å². The Hall–Kier alpha value is -1.38. The molecule has 0 radical (unpaired) electrons. The molecular formula is C8H9N3. The molecule has 3 heteroatoms. The van der Waals surface area contributed by atoms with Crippen LogP contribution in [0.4, 0.5) is 17.1 Å². The van der Waals surface area contributed by atoms with Gasteiger partial charge in [-0.1, -0.05) is 0 Å². The Balaban J connectivity index is 2.42. The highest BCUT2D eigenvalue weighted by Crippen LogP contribution is 2.39. The van der Waals surface area contributed by atoms with Crippen LogP contribution < -0.4 is 4.90 Å². The Morgan fingerprint density at radius 2 is 1.82 bits per heavy atom. The first-order valence-corrected chi connectivity index (χ1v) is 3.50. The molecule has 56 valence electrons. The van der Waals surface area contributed by atoms with Crippen molar-refractivity contribution in [2.24, 2.45) is 10.2 Å². The van der Waals surface area contributed by atoms with Crippen LogP contribution in [0, 0.1) is 0 Å². The van der Waals surface area contributed by atoms with E-state index in [4.69, 9.17) is 0 Å². The molecule has 0 saturated heterocycles. The van der Waals surface area contributed by atoms with Gasteiger partial charge in [-0.15, -0.1) is 10.2 Å². The van der Waals surface area contributed by atoms with Crippen molar-refractivity contribution in [3.63, 3.8) is 0 Å². The second-order valence-corrected chi connectivity index (χ2v) is 2.77. The summed E-state index contributed by atoms with van der Waals surface area (Å²) in [5, 5.41) is 7.71. The minimum absolute atomic E-state index is 0.996. The summed E-state index contributed by atoms with van der Waals surface area (Å²) in [6.07, 6.45) is 0. The Morgan fingerprint density at radius 1 is 1.09 bits per heavy atom. The normalized spacial score (nSPS) is 12.2. The van der Waals surface area contributed by atoms with Gasteiger partial charge in [-0.3, -0.25) is 0 Å². The Labute approximate surface area is 65.4 Å². The van der Waals surface area contributed by atoms with Gasteiger partial charge >= 0.3 is 0 Å². The molecule has 0 fully saturated rings. The van der Waals surface area contributed by atoms with Crippen molar-refractivity contribution < 1.29 is 0 Å². The zero-order chi connectivity index (χ0) is 7.84. The monoisotopic (exact) mass is 147 g/mol. The zero-order valence-electron chi connectivity index (χ0n) is 6.57. The van der Waals surface area contributed by atoms with Crippen molar-refractivity contribution in [3.05, 3.63) is 18.2 Å². The molecule has 0 aromatic heterocycles. The average Bonchev–Trinajstić information content (AvgIpc) is 1.91. The molecule has 0 aliphatic carbocycles. The first kappa shape index (κ1) is 6.34. The van der Waals surface area contributed by atoms with E-state index in [1.54, 1.807) is 0 Å². The molecule has 1 aromatic rings. The molecule has 0 spiro atoms. The molecule has 0 unspecified atom stereocenters. The molecule has 11 heavy (non-hydrogen) atoms. The fourth-order valence-electron chi connectivity index (χ4n) is 1.02. The van der Waals surface area contributed by atoms with Gasteiger partial charge in [0.25, 0.3) is 0 Å². The second-order valence-electron chi connectivity index (χ2n) is 2.77. The van der Waals surface area contributed by atoms with Crippen LogP contribution in [0.5, 0.6) is 0 Å². The lowest BCUT2D eigenvalue weighted by molar-refractivity contribution is 1.10. The molecular weight excluding hydrogens is 138 g/mol. The maximum absolute atomic E-state index is 3.87. The Morgan fingerprint density at radius 3 is 2.27 bits per heavy atom. The number of nitrogens with zero attached hydrogens (tertiary/aromatic N) is 3. The summed E-state index contributed by atoms with van der Waals surface area (Å²) >= 11 is 0.